The summed E-state index contributed by atoms with van der Waals surface area (Å²) in [4.78, 5) is 14.0. The minimum absolute atomic E-state index is 0.150. The predicted molar refractivity (Wildman–Crippen MR) is 116 cm³/mol. The van der Waals surface area contributed by atoms with Crippen molar-refractivity contribution in [2.75, 3.05) is 20.2 Å². The summed E-state index contributed by atoms with van der Waals surface area (Å²) in [5.74, 6) is 0.690. The van der Waals surface area contributed by atoms with Crippen molar-refractivity contribution in [3.8, 4) is 11.8 Å². The molecular weight excluding hydrogens is 410 g/mol. The fourth-order valence-electron chi connectivity index (χ4n) is 3.80. The molecule has 2 aliphatic rings. The highest BCUT2D eigenvalue weighted by Gasteiger charge is 2.32. The highest BCUT2D eigenvalue weighted by molar-refractivity contribution is 5.75. The molecule has 0 bridgehead atoms. The van der Waals surface area contributed by atoms with Crippen molar-refractivity contribution in [1.29, 1.82) is 5.26 Å². The Hall–Kier alpha value is -3.74. The Morgan fingerprint density at radius 1 is 1.41 bits per heavy atom. The van der Waals surface area contributed by atoms with E-state index in [1.807, 2.05) is 40.0 Å². The van der Waals surface area contributed by atoms with E-state index in [0.717, 1.165) is 17.7 Å². The van der Waals surface area contributed by atoms with E-state index >= 15 is 0 Å². The van der Waals surface area contributed by atoms with E-state index in [4.69, 9.17) is 9.47 Å². The van der Waals surface area contributed by atoms with E-state index in [-0.39, 0.29) is 12.0 Å². The lowest BCUT2D eigenvalue weighted by atomic mass is 10.1. The largest absolute Gasteiger partial charge is 0.494 e. The van der Waals surface area contributed by atoms with Crippen molar-refractivity contribution >= 4 is 23.5 Å². The van der Waals surface area contributed by atoms with Crippen molar-refractivity contribution in [2.45, 2.75) is 39.7 Å². The lowest BCUT2D eigenvalue weighted by Crippen LogP contribution is -2.35. The zero-order valence-corrected chi connectivity index (χ0v) is 18.9. The van der Waals surface area contributed by atoms with Gasteiger partial charge in [-0.25, -0.2) is 9.31 Å². The van der Waals surface area contributed by atoms with Gasteiger partial charge in [-0.3, -0.25) is 0 Å². The number of ether oxygens (including phenoxy) is 2. The van der Waals surface area contributed by atoms with Crippen LogP contribution in [0.3, 0.4) is 0 Å². The number of carbonyl (C=O) groups is 1. The van der Waals surface area contributed by atoms with Crippen molar-refractivity contribution in [3.05, 3.63) is 35.3 Å². The van der Waals surface area contributed by atoms with Gasteiger partial charge >= 0.3 is 6.09 Å². The molecule has 1 amide bonds. The number of aromatic nitrogens is 2. The smallest absolute Gasteiger partial charge is 0.410 e. The SMILES string of the molecule is COc1cc(C2=C(C)/[N+](=C\C3CCN(C(=O)OC(C)(C)C)C3)N=N2)cn2ncc(C#N)c12. The van der Waals surface area contributed by atoms with Crippen molar-refractivity contribution in [1.82, 2.24) is 14.5 Å². The number of nitriles is 1. The Kier molecular flexibility index (Phi) is 5.42. The van der Waals surface area contributed by atoms with Crippen LogP contribution in [0.5, 0.6) is 5.75 Å². The van der Waals surface area contributed by atoms with Crippen LogP contribution in [-0.4, -0.2) is 57.3 Å². The van der Waals surface area contributed by atoms with E-state index in [1.54, 1.807) is 27.4 Å². The number of pyridine rings is 1. The maximum atomic E-state index is 12.3. The highest BCUT2D eigenvalue weighted by Crippen LogP contribution is 2.32. The number of nitrogens with zero attached hydrogens (tertiary/aromatic N) is 7. The second-order valence-corrected chi connectivity index (χ2v) is 8.85. The van der Waals surface area contributed by atoms with Gasteiger partial charge in [0.1, 0.15) is 39.9 Å². The number of rotatable bonds is 3. The van der Waals surface area contributed by atoms with Crippen LogP contribution in [0.4, 0.5) is 4.79 Å². The fraction of sp³-hybridized carbons (Fsp3) is 0.455. The average Bonchev–Trinajstić information content (AvgIpc) is 3.45. The third-order valence-electron chi connectivity index (χ3n) is 5.35. The van der Waals surface area contributed by atoms with Crippen LogP contribution in [0.15, 0.2) is 34.5 Å². The highest BCUT2D eigenvalue weighted by atomic mass is 16.6. The Labute approximate surface area is 186 Å². The van der Waals surface area contributed by atoms with Crippen LogP contribution in [-0.2, 0) is 4.74 Å². The average molecular weight is 436 g/mol. The van der Waals surface area contributed by atoms with Crippen LogP contribution < -0.4 is 4.74 Å². The van der Waals surface area contributed by atoms with Gasteiger partial charge in [0.15, 0.2) is 5.70 Å². The minimum atomic E-state index is -0.513. The molecule has 0 saturated carbocycles. The van der Waals surface area contributed by atoms with E-state index < -0.39 is 5.60 Å². The summed E-state index contributed by atoms with van der Waals surface area (Å²) in [5.41, 5.74) is 2.87. The van der Waals surface area contributed by atoms with Crippen molar-refractivity contribution in [2.24, 2.45) is 16.3 Å². The van der Waals surface area contributed by atoms with Gasteiger partial charge in [-0.1, -0.05) is 0 Å². The first-order valence-corrected chi connectivity index (χ1v) is 10.4. The zero-order chi connectivity index (χ0) is 23.0. The molecular formula is C22H26N7O3+. The normalized spacial score (nSPS) is 19.8. The maximum absolute atomic E-state index is 12.3. The summed E-state index contributed by atoms with van der Waals surface area (Å²) in [6.07, 6.45) is 5.85. The summed E-state index contributed by atoms with van der Waals surface area (Å²) in [7, 11) is 1.56. The summed E-state index contributed by atoms with van der Waals surface area (Å²) in [6.45, 7) is 8.75. The van der Waals surface area contributed by atoms with Gasteiger partial charge < -0.3 is 14.4 Å². The molecule has 0 aliphatic carbocycles. The van der Waals surface area contributed by atoms with Crippen LogP contribution >= 0.6 is 0 Å². The van der Waals surface area contributed by atoms with Gasteiger partial charge in [-0.15, -0.1) is 4.68 Å². The molecule has 1 atom stereocenters. The van der Waals surface area contributed by atoms with Crippen molar-refractivity contribution < 1.29 is 19.0 Å². The van der Waals surface area contributed by atoms with Crippen LogP contribution in [0.25, 0.3) is 11.2 Å². The minimum Gasteiger partial charge on any atom is -0.494 e. The Morgan fingerprint density at radius 2 is 2.19 bits per heavy atom. The lowest BCUT2D eigenvalue weighted by Gasteiger charge is -2.24. The number of fused-ring (bicyclic) bond motifs is 1. The van der Waals surface area contributed by atoms with Crippen LogP contribution in [0.1, 0.15) is 45.2 Å². The Balaban J connectivity index is 1.57. The van der Waals surface area contributed by atoms with E-state index in [2.05, 4.69) is 21.5 Å². The molecule has 1 saturated heterocycles. The van der Waals surface area contributed by atoms with Gasteiger partial charge in [0.05, 0.1) is 24.0 Å². The standard InChI is InChI=1S/C22H26N7O3/c1-14-19(16-8-18(31-5)20-17(9-23)10-24-29(20)13-16)25-26-28(14)12-15-6-7-27(11-15)21(30)32-22(2,3)4/h8,10,12-13,15H,6-7,11H2,1-5H3/q+1/b28-12+. The molecule has 2 aromatic rings. The van der Waals surface area contributed by atoms with Gasteiger partial charge in [0.25, 0.3) is 5.70 Å². The lowest BCUT2D eigenvalue weighted by molar-refractivity contribution is -0.480. The first-order chi connectivity index (χ1) is 15.2. The molecule has 10 heteroatoms. The molecule has 1 unspecified atom stereocenters. The number of amides is 1. The summed E-state index contributed by atoms with van der Waals surface area (Å²) in [6, 6.07) is 3.96. The summed E-state index contributed by atoms with van der Waals surface area (Å²) >= 11 is 0. The molecule has 4 rings (SSSR count). The van der Waals surface area contributed by atoms with Crippen molar-refractivity contribution in [3.63, 3.8) is 0 Å². The van der Waals surface area contributed by atoms with Gasteiger partial charge in [-0.2, -0.15) is 10.4 Å². The molecule has 4 heterocycles. The van der Waals surface area contributed by atoms with E-state index in [9.17, 15) is 10.1 Å². The molecule has 10 nitrogen and oxygen atoms in total. The molecule has 0 N–H and O–H groups in total. The summed E-state index contributed by atoms with van der Waals surface area (Å²) in [5, 5.41) is 22.2. The summed E-state index contributed by atoms with van der Waals surface area (Å²) < 4.78 is 14.3. The molecule has 166 valence electrons. The predicted octanol–water partition coefficient (Wildman–Crippen LogP) is 3.62. The monoisotopic (exact) mass is 436 g/mol. The number of hydrogen-bond donors (Lipinski definition) is 0. The molecule has 1 fully saturated rings. The molecule has 0 aromatic carbocycles. The molecule has 2 aliphatic heterocycles. The van der Waals surface area contributed by atoms with E-state index in [1.165, 1.54) is 6.20 Å². The number of likely N-dealkylation sites (tertiary alicyclic amines) is 1. The molecule has 2 aromatic heterocycles. The zero-order valence-electron chi connectivity index (χ0n) is 18.9. The first-order valence-electron chi connectivity index (χ1n) is 10.4. The first kappa shape index (κ1) is 21.5. The number of methoxy groups -OCH3 is 1. The Morgan fingerprint density at radius 3 is 2.88 bits per heavy atom. The number of carbonyl (C=O) groups excluding carboxylic acids is 1. The third-order valence-corrected chi connectivity index (χ3v) is 5.35. The van der Waals surface area contributed by atoms with Gasteiger partial charge in [0.2, 0.25) is 0 Å². The van der Waals surface area contributed by atoms with Gasteiger partial charge in [-0.05, 0) is 33.3 Å². The third kappa shape index (κ3) is 4.06. The topological polar surface area (TPSA) is 108 Å². The fourth-order valence-corrected chi connectivity index (χ4v) is 3.80. The quantitative estimate of drug-likeness (QED) is 0.683. The maximum Gasteiger partial charge on any atom is 0.410 e. The molecule has 32 heavy (non-hydrogen) atoms. The molecule has 0 spiro atoms. The number of hydrogen-bond acceptors (Lipinski definition) is 7. The van der Waals surface area contributed by atoms with Gasteiger partial charge in [0, 0.05) is 32.1 Å². The second-order valence-electron chi connectivity index (χ2n) is 8.85. The number of allylic oxidation sites excluding steroid dienone is 1. The van der Waals surface area contributed by atoms with Crippen LogP contribution in [0, 0.1) is 17.2 Å². The Bertz CT molecular complexity index is 1210. The van der Waals surface area contributed by atoms with Crippen LogP contribution in [0.2, 0.25) is 0 Å². The second kappa shape index (κ2) is 8.07. The van der Waals surface area contributed by atoms with E-state index in [0.29, 0.717) is 35.6 Å². The molecule has 0 radical (unpaired) electrons.